The summed E-state index contributed by atoms with van der Waals surface area (Å²) < 4.78 is 0. The van der Waals surface area contributed by atoms with E-state index in [0.717, 1.165) is 11.8 Å². The Balaban J connectivity index is 1.46. The third kappa shape index (κ3) is 3.05. The fourth-order valence-corrected chi connectivity index (χ4v) is 4.66. The molecule has 0 spiro atoms. The smallest absolute Gasteiger partial charge is 0.0458 e. The Morgan fingerprint density at radius 1 is 1.17 bits per heavy atom. The molecule has 23 heavy (non-hydrogen) atoms. The number of fused-ring (bicyclic) bond motifs is 4. The highest BCUT2D eigenvalue weighted by Gasteiger charge is 2.34. The number of likely N-dealkylation sites (tertiary alicyclic amines) is 1. The summed E-state index contributed by atoms with van der Waals surface area (Å²) in [5.74, 6) is 1.75. The minimum atomic E-state index is 0.856. The molecule has 2 heterocycles. The summed E-state index contributed by atoms with van der Waals surface area (Å²) >= 11 is 0. The number of aromatic nitrogens is 1. The lowest BCUT2D eigenvalue weighted by molar-refractivity contribution is 0.108. The van der Waals surface area contributed by atoms with E-state index in [1.165, 1.54) is 68.5 Å². The first-order valence-corrected chi connectivity index (χ1v) is 9.16. The van der Waals surface area contributed by atoms with Crippen molar-refractivity contribution in [2.45, 2.75) is 25.7 Å². The molecule has 4 rings (SSSR count). The molecule has 1 aromatic heterocycles. The average Bonchev–Trinajstić information content (AvgIpc) is 2.90. The molecule has 1 aromatic carbocycles. The van der Waals surface area contributed by atoms with Crippen molar-refractivity contribution in [2.75, 3.05) is 40.3 Å². The molecule has 3 heteroatoms. The Labute approximate surface area is 139 Å². The standard InChI is InChI=1S/C20H29N3/c1-22(2)9-5-10-23-11-8-15-13-20-18(12-16(15)14-23)17-6-3-4-7-19(17)21-20/h3-4,6-7,15-16,21H,5,8-14H2,1-2H3/t15-,16-/m1/s1. The molecular weight excluding hydrogens is 282 g/mol. The molecule has 0 amide bonds. The Bertz CT molecular complexity index is 673. The normalized spacial score (nSPS) is 24.8. The zero-order chi connectivity index (χ0) is 15.8. The summed E-state index contributed by atoms with van der Waals surface area (Å²) in [6.45, 7) is 5.07. The van der Waals surface area contributed by atoms with Gasteiger partial charge in [0.15, 0.2) is 0 Å². The summed E-state index contributed by atoms with van der Waals surface area (Å²) in [5.41, 5.74) is 4.46. The molecule has 0 saturated carbocycles. The molecular formula is C20H29N3. The second kappa shape index (κ2) is 6.29. The van der Waals surface area contributed by atoms with Crippen molar-refractivity contribution in [3.05, 3.63) is 35.5 Å². The lowest BCUT2D eigenvalue weighted by atomic mass is 9.74. The third-order valence-electron chi connectivity index (χ3n) is 5.89. The molecule has 0 unspecified atom stereocenters. The van der Waals surface area contributed by atoms with Gasteiger partial charge in [-0.2, -0.15) is 0 Å². The van der Waals surface area contributed by atoms with Crippen LogP contribution in [-0.4, -0.2) is 55.1 Å². The number of rotatable bonds is 4. The molecule has 2 aliphatic rings. The molecule has 1 N–H and O–H groups in total. The van der Waals surface area contributed by atoms with Crippen molar-refractivity contribution in [1.29, 1.82) is 0 Å². The van der Waals surface area contributed by atoms with Crippen molar-refractivity contribution >= 4 is 10.9 Å². The van der Waals surface area contributed by atoms with Crippen LogP contribution in [0.3, 0.4) is 0 Å². The number of nitrogens with one attached hydrogen (secondary N) is 1. The summed E-state index contributed by atoms with van der Waals surface area (Å²) in [6, 6.07) is 8.84. The van der Waals surface area contributed by atoms with Gasteiger partial charge in [0.2, 0.25) is 0 Å². The van der Waals surface area contributed by atoms with Gasteiger partial charge in [-0.3, -0.25) is 0 Å². The van der Waals surface area contributed by atoms with Gasteiger partial charge >= 0.3 is 0 Å². The van der Waals surface area contributed by atoms with Crippen LogP contribution in [0.5, 0.6) is 0 Å². The lowest BCUT2D eigenvalue weighted by Gasteiger charge is -2.41. The van der Waals surface area contributed by atoms with Crippen molar-refractivity contribution in [3.63, 3.8) is 0 Å². The summed E-state index contributed by atoms with van der Waals surface area (Å²) in [4.78, 5) is 8.70. The van der Waals surface area contributed by atoms with Crippen LogP contribution in [0, 0.1) is 11.8 Å². The van der Waals surface area contributed by atoms with Crippen LogP contribution in [0.1, 0.15) is 24.1 Å². The highest BCUT2D eigenvalue weighted by Crippen LogP contribution is 2.38. The number of nitrogens with zero attached hydrogens (tertiary/aromatic N) is 2. The average molecular weight is 311 g/mol. The Kier molecular flexibility index (Phi) is 4.16. The molecule has 124 valence electrons. The van der Waals surface area contributed by atoms with Crippen LogP contribution in [-0.2, 0) is 12.8 Å². The van der Waals surface area contributed by atoms with E-state index in [-0.39, 0.29) is 0 Å². The maximum Gasteiger partial charge on any atom is 0.0458 e. The molecule has 1 saturated heterocycles. The van der Waals surface area contributed by atoms with Crippen LogP contribution >= 0.6 is 0 Å². The summed E-state index contributed by atoms with van der Waals surface area (Å²) in [6.07, 6.45) is 5.21. The largest absolute Gasteiger partial charge is 0.358 e. The molecule has 0 radical (unpaired) electrons. The van der Waals surface area contributed by atoms with E-state index in [0.29, 0.717) is 0 Å². The zero-order valence-electron chi connectivity index (χ0n) is 14.5. The molecule has 2 aromatic rings. The van der Waals surface area contributed by atoms with E-state index in [9.17, 15) is 0 Å². The van der Waals surface area contributed by atoms with Crippen LogP contribution in [0.15, 0.2) is 24.3 Å². The van der Waals surface area contributed by atoms with Gasteiger partial charge in [0.25, 0.3) is 0 Å². The number of H-pyrrole nitrogens is 1. The minimum Gasteiger partial charge on any atom is -0.358 e. The molecule has 1 aliphatic heterocycles. The van der Waals surface area contributed by atoms with Crippen molar-refractivity contribution in [1.82, 2.24) is 14.8 Å². The number of piperidine rings is 1. The maximum absolute atomic E-state index is 3.69. The molecule has 0 bridgehead atoms. The van der Waals surface area contributed by atoms with Crippen molar-refractivity contribution in [3.8, 4) is 0 Å². The minimum absolute atomic E-state index is 0.856. The Hall–Kier alpha value is -1.32. The van der Waals surface area contributed by atoms with Crippen molar-refractivity contribution < 1.29 is 0 Å². The summed E-state index contributed by atoms with van der Waals surface area (Å²) in [7, 11) is 4.35. The van der Waals surface area contributed by atoms with E-state index in [1.54, 1.807) is 5.56 Å². The third-order valence-corrected chi connectivity index (χ3v) is 5.89. The van der Waals surface area contributed by atoms with Gasteiger partial charge < -0.3 is 14.8 Å². The number of benzene rings is 1. The number of para-hydroxylation sites is 1. The highest BCUT2D eigenvalue weighted by molar-refractivity contribution is 5.84. The van der Waals surface area contributed by atoms with Crippen LogP contribution in [0.4, 0.5) is 0 Å². The van der Waals surface area contributed by atoms with Gasteiger partial charge in [-0.1, -0.05) is 18.2 Å². The highest BCUT2D eigenvalue weighted by atomic mass is 15.1. The van der Waals surface area contributed by atoms with Gasteiger partial charge in [-0.05, 0) is 82.9 Å². The first-order valence-electron chi connectivity index (χ1n) is 9.16. The second-order valence-electron chi connectivity index (χ2n) is 7.80. The van der Waals surface area contributed by atoms with E-state index >= 15 is 0 Å². The van der Waals surface area contributed by atoms with E-state index < -0.39 is 0 Å². The van der Waals surface area contributed by atoms with Crippen LogP contribution < -0.4 is 0 Å². The van der Waals surface area contributed by atoms with Gasteiger partial charge in [0.1, 0.15) is 0 Å². The Morgan fingerprint density at radius 3 is 2.91 bits per heavy atom. The maximum atomic E-state index is 3.69. The number of aromatic amines is 1. The molecule has 2 atom stereocenters. The van der Waals surface area contributed by atoms with Crippen LogP contribution in [0.25, 0.3) is 10.9 Å². The fourth-order valence-electron chi connectivity index (χ4n) is 4.66. The Morgan fingerprint density at radius 2 is 2.04 bits per heavy atom. The zero-order valence-corrected chi connectivity index (χ0v) is 14.5. The SMILES string of the molecule is CN(C)CCCN1CC[C@@H]2Cc3[nH]c4ccccc4c3C[C@@H]2C1. The quantitative estimate of drug-likeness (QED) is 0.937. The van der Waals surface area contributed by atoms with E-state index in [4.69, 9.17) is 0 Å². The monoisotopic (exact) mass is 311 g/mol. The van der Waals surface area contributed by atoms with Gasteiger partial charge in [-0.25, -0.2) is 0 Å². The topological polar surface area (TPSA) is 22.3 Å². The second-order valence-corrected chi connectivity index (χ2v) is 7.80. The van der Waals surface area contributed by atoms with Crippen molar-refractivity contribution in [2.24, 2.45) is 11.8 Å². The number of hydrogen-bond acceptors (Lipinski definition) is 2. The first kappa shape index (κ1) is 15.2. The van der Waals surface area contributed by atoms with Gasteiger partial charge in [0.05, 0.1) is 0 Å². The summed E-state index contributed by atoms with van der Waals surface area (Å²) in [5, 5.41) is 1.46. The molecule has 1 fully saturated rings. The molecule has 1 aliphatic carbocycles. The van der Waals surface area contributed by atoms with E-state index in [1.807, 2.05) is 0 Å². The predicted octanol–water partition coefficient (Wildman–Crippen LogP) is 3.16. The van der Waals surface area contributed by atoms with Crippen LogP contribution in [0.2, 0.25) is 0 Å². The van der Waals surface area contributed by atoms with Gasteiger partial charge in [-0.15, -0.1) is 0 Å². The number of hydrogen-bond donors (Lipinski definition) is 1. The van der Waals surface area contributed by atoms with E-state index in [2.05, 4.69) is 53.1 Å². The molecule has 3 nitrogen and oxygen atoms in total. The fraction of sp³-hybridized carbons (Fsp3) is 0.600. The lowest BCUT2D eigenvalue weighted by Crippen LogP contribution is -2.44. The predicted molar refractivity (Wildman–Crippen MR) is 96.9 cm³/mol. The van der Waals surface area contributed by atoms with Gasteiger partial charge in [0, 0.05) is 23.1 Å². The first-order chi connectivity index (χ1) is 11.2.